The van der Waals surface area contributed by atoms with Crippen LogP contribution < -0.4 is 4.74 Å². The van der Waals surface area contributed by atoms with Gasteiger partial charge in [0.1, 0.15) is 18.7 Å². The van der Waals surface area contributed by atoms with E-state index in [9.17, 15) is 4.79 Å². The van der Waals surface area contributed by atoms with Crippen LogP contribution in [0.4, 0.5) is 0 Å². The average Bonchev–Trinajstić information content (AvgIpc) is 3.04. The lowest BCUT2D eigenvalue weighted by molar-refractivity contribution is -0.171. The van der Waals surface area contributed by atoms with Gasteiger partial charge in [-0.2, -0.15) is 0 Å². The van der Waals surface area contributed by atoms with Gasteiger partial charge in [-0.05, 0) is 25.0 Å². The largest absolute Gasteiger partial charge is 0.485 e. The van der Waals surface area contributed by atoms with Gasteiger partial charge in [0, 0.05) is 13.0 Å². The van der Waals surface area contributed by atoms with E-state index in [4.69, 9.17) is 9.47 Å². The van der Waals surface area contributed by atoms with Crippen molar-refractivity contribution in [2.45, 2.75) is 31.5 Å². The summed E-state index contributed by atoms with van der Waals surface area (Å²) < 4.78 is 13.5. The molecular formula is C18H19N3O3. The highest BCUT2D eigenvalue weighted by atomic mass is 16.5. The second-order valence-corrected chi connectivity index (χ2v) is 6.78. The number of para-hydroxylation sites is 2. The van der Waals surface area contributed by atoms with Crippen molar-refractivity contribution in [1.29, 1.82) is 0 Å². The van der Waals surface area contributed by atoms with Gasteiger partial charge in [0.15, 0.2) is 5.69 Å². The van der Waals surface area contributed by atoms with Crippen molar-refractivity contribution >= 4 is 5.91 Å². The Kier molecular flexibility index (Phi) is 2.97. The number of fused-ring (bicyclic) bond motifs is 3. The molecule has 5 rings (SSSR count). The van der Waals surface area contributed by atoms with E-state index in [1.165, 1.54) is 0 Å². The maximum absolute atomic E-state index is 13.0. The Morgan fingerprint density at radius 3 is 2.96 bits per heavy atom. The molecule has 0 bridgehead atoms. The van der Waals surface area contributed by atoms with Crippen LogP contribution in [0.5, 0.6) is 5.75 Å². The van der Waals surface area contributed by atoms with Gasteiger partial charge in [-0.3, -0.25) is 9.36 Å². The third kappa shape index (κ3) is 1.99. The molecule has 1 amide bonds. The van der Waals surface area contributed by atoms with Crippen LogP contribution in [0.2, 0.25) is 0 Å². The summed E-state index contributed by atoms with van der Waals surface area (Å²) in [7, 11) is 0. The number of piperidine rings is 1. The Bertz CT molecular complexity index is 810. The molecule has 6 nitrogen and oxygen atoms in total. The molecule has 0 N–H and O–H groups in total. The highest BCUT2D eigenvalue weighted by Crippen LogP contribution is 2.36. The lowest BCUT2D eigenvalue weighted by Gasteiger charge is -2.48. The second kappa shape index (κ2) is 5.08. The number of benzene rings is 1. The molecule has 0 radical (unpaired) electrons. The summed E-state index contributed by atoms with van der Waals surface area (Å²) in [6, 6.07) is 7.81. The Labute approximate surface area is 140 Å². The molecule has 1 atom stereocenters. The van der Waals surface area contributed by atoms with Crippen molar-refractivity contribution in [2.75, 3.05) is 19.7 Å². The number of ether oxygens (including phenoxy) is 2. The SMILES string of the molecule is O=C(c1ncn2c1COc1ccccc1-2)N1CCCC2(CCO2)C1. The summed E-state index contributed by atoms with van der Waals surface area (Å²) in [5, 5.41) is 0. The summed E-state index contributed by atoms with van der Waals surface area (Å²) in [4.78, 5) is 19.3. The van der Waals surface area contributed by atoms with E-state index < -0.39 is 0 Å². The van der Waals surface area contributed by atoms with Gasteiger partial charge in [0.25, 0.3) is 5.91 Å². The molecule has 3 aliphatic heterocycles. The molecule has 2 fully saturated rings. The molecule has 24 heavy (non-hydrogen) atoms. The first-order valence-corrected chi connectivity index (χ1v) is 8.47. The molecule has 6 heteroatoms. The van der Waals surface area contributed by atoms with Gasteiger partial charge in [-0.25, -0.2) is 4.98 Å². The fourth-order valence-electron chi connectivity index (χ4n) is 3.96. The summed E-state index contributed by atoms with van der Waals surface area (Å²) in [6.45, 7) is 2.63. The predicted octanol–water partition coefficient (Wildman–Crippen LogP) is 2.16. The third-order valence-electron chi connectivity index (χ3n) is 5.35. The Morgan fingerprint density at radius 2 is 2.12 bits per heavy atom. The minimum Gasteiger partial charge on any atom is -0.485 e. The van der Waals surface area contributed by atoms with E-state index in [0.29, 0.717) is 18.8 Å². The van der Waals surface area contributed by atoms with E-state index in [1.54, 1.807) is 6.33 Å². The molecule has 3 aliphatic rings. The second-order valence-electron chi connectivity index (χ2n) is 6.78. The third-order valence-corrected chi connectivity index (χ3v) is 5.35. The predicted molar refractivity (Wildman–Crippen MR) is 86.3 cm³/mol. The smallest absolute Gasteiger partial charge is 0.274 e. The van der Waals surface area contributed by atoms with Gasteiger partial charge < -0.3 is 14.4 Å². The normalized spacial score (nSPS) is 24.8. The monoisotopic (exact) mass is 325 g/mol. The summed E-state index contributed by atoms with van der Waals surface area (Å²) >= 11 is 0. The lowest BCUT2D eigenvalue weighted by atomic mass is 9.85. The Balaban J connectivity index is 1.46. The van der Waals surface area contributed by atoms with Crippen LogP contribution in [0.15, 0.2) is 30.6 Å². The highest BCUT2D eigenvalue weighted by Gasteiger charge is 2.44. The van der Waals surface area contributed by atoms with E-state index >= 15 is 0 Å². The van der Waals surface area contributed by atoms with Crippen molar-refractivity contribution in [3.8, 4) is 11.4 Å². The van der Waals surface area contributed by atoms with Crippen molar-refractivity contribution in [2.24, 2.45) is 0 Å². The van der Waals surface area contributed by atoms with Crippen LogP contribution in [-0.4, -0.2) is 45.7 Å². The zero-order chi connectivity index (χ0) is 16.1. The first-order chi connectivity index (χ1) is 11.8. The van der Waals surface area contributed by atoms with Gasteiger partial charge in [0.2, 0.25) is 0 Å². The molecule has 4 heterocycles. The first-order valence-electron chi connectivity index (χ1n) is 8.47. The van der Waals surface area contributed by atoms with E-state index in [0.717, 1.165) is 49.5 Å². The van der Waals surface area contributed by atoms with E-state index in [-0.39, 0.29) is 11.5 Å². The number of carbonyl (C=O) groups is 1. The van der Waals surface area contributed by atoms with Crippen LogP contribution >= 0.6 is 0 Å². The van der Waals surface area contributed by atoms with Crippen LogP contribution in [0, 0.1) is 0 Å². The molecule has 124 valence electrons. The van der Waals surface area contributed by atoms with Crippen LogP contribution in [-0.2, 0) is 11.3 Å². The molecular weight excluding hydrogens is 306 g/mol. The van der Waals surface area contributed by atoms with Crippen molar-refractivity contribution in [3.63, 3.8) is 0 Å². The number of likely N-dealkylation sites (tertiary alicyclic amines) is 1. The Morgan fingerprint density at radius 1 is 1.25 bits per heavy atom. The number of carbonyl (C=O) groups excluding carboxylic acids is 1. The number of amides is 1. The number of nitrogens with zero attached hydrogens (tertiary/aromatic N) is 3. The van der Waals surface area contributed by atoms with Crippen LogP contribution in [0.1, 0.15) is 35.4 Å². The summed E-state index contributed by atoms with van der Waals surface area (Å²) in [6.07, 6.45) is 4.81. The molecule has 1 unspecified atom stereocenters. The van der Waals surface area contributed by atoms with E-state index in [1.807, 2.05) is 33.7 Å². The summed E-state index contributed by atoms with van der Waals surface area (Å²) in [5.74, 6) is 0.808. The first kappa shape index (κ1) is 14.0. The Hall–Kier alpha value is -2.34. The van der Waals surface area contributed by atoms with Gasteiger partial charge in [-0.1, -0.05) is 12.1 Å². The molecule has 1 spiro atoms. The van der Waals surface area contributed by atoms with Crippen molar-refractivity contribution < 1.29 is 14.3 Å². The average molecular weight is 325 g/mol. The van der Waals surface area contributed by atoms with Crippen LogP contribution in [0.25, 0.3) is 5.69 Å². The van der Waals surface area contributed by atoms with E-state index in [2.05, 4.69) is 4.98 Å². The van der Waals surface area contributed by atoms with Crippen molar-refractivity contribution in [1.82, 2.24) is 14.5 Å². The fourth-order valence-corrected chi connectivity index (χ4v) is 3.96. The minimum absolute atomic E-state index is 0.0127. The maximum Gasteiger partial charge on any atom is 0.274 e. The standard InChI is InChI=1S/C18H19N3O3/c22-17(20-8-3-6-18(11-20)7-9-24-18)16-14-10-23-15-5-2-1-4-13(15)21(14)12-19-16/h1-2,4-5,12H,3,6-11H2. The van der Waals surface area contributed by atoms with Crippen LogP contribution in [0.3, 0.4) is 0 Å². The number of hydrogen-bond acceptors (Lipinski definition) is 4. The van der Waals surface area contributed by atoms with Gasteiger partial charge >= 0.3 is 0 Å². The highest BCUT2D eigenvalue weighted by molar-refractivity contribution is 5.94. The molecule has 0 aliphatic carbocycles. The molecule has 1 aromatic carbocycles. The lowest BCUT2D eigenvalue weighted by Crippen LogP contribution is -2.57. The number of hydrogen-bond donors (Lipinski definition) is 0. The maximum atomic E-state index is 13.0. The van der Waals surface area contributed by atoms with Gasteiger partial charge in [0.05, 0.1) is 30.1 Å². The number of imidazole rings is 1. The molecule has 2 saturated heterocycles. The zero-order valence-electron chi connectivity index (χ0n) is 13.4. The number of rotatable bonds is 1. The molecule has 1 aromatic heterocycles. The number of aromatic nitrogens is 2. The van der Waals surface area contributed by atoms with Gasteiger partial charge in [-0.15, -0.1) is 0 Å². The quantitative estimate of drug-likeness (QED) is 0.806. The molecule has 2 aromatic rings. The topological polar surface area (TPSA) is 56.6 Å². The zero-order valence-corrected chi connectivity index (χ0v) is 13.4. The molecule has 0 saturated carbocycles. The fraction of sp³-hybridized carbons (Fsp3) is 0.444. The van der Waals surface area contributed by atoms with Crippen molar-refractivity contribution in [3.05, 3.63) is 42.0 Å². The summed E-state index contributed by atoms with van der Waals surface area (Å²) in [5.41, 5.74) is 2.16. The minimum atomic E-state index is -0.100.